The van der Waals surface area contributed by atoms with Crippen LogP contribution in [0.5, 0.6) is 0 Å². The zero-order valence-corrected chi connectivity index (χ0v) is 11.0. The summed E-state index contributed by atoms with van der Waals surface area (Å²) >= 11 is 0. The maximum absolute atomic E-state index is 4.12. The van der Waals surface area contributed by atoms with Crippen LogP contribution in [0.1, 0.15) is 25.5 Å². The smallest absolute Gasteiger partial charge is 0.0945 e. The van der Waals surface area contributed by atoms with E-state index in [1.807, 2.05) is 19.6 Å². The third-order valence-electron chi connectivity index (χ3n) is 3.48. The molecule has 1 unspecified atom stereocenters. The van der Waals surface area contributed by atoms with Crippen LogP contribution in [0.2, 0.25) is 0 Å². The molecule has 1 N–H and O–H groups in total. The van der Waals surface area contributed by atoms with E-state index in [0.717, 1.165) is 19.0 Å². The van der Waals surface area contributed by atoms with Crippen molar-refractivity contribution in [1.29, 1.82) is 0 Å². The first-order valence-corrected chi connectivity index (χ1v) is 6.64. The highest BCUT2D eigenvalue weighted by Gasteiger charge is 2.14. The Balaban J connectivity index is 1.62. The van der Waals surface area contributed by atoms with Gasteiger partial charge in [-0.3, -0.25) is 0 Å². The summed E-state index contributed by atoms with van der Waals surface area (Å²) in [6, 6.07) is 0. The minimum Gasteiger partial charge on any atom is -0.337 e. The van der Waals surface area contributed by atoms with Crippen molar-refractivity contribution >= 4 is 0 Å². The molecule has 1 aromatic heterocycles. The number of likely N-dealkylation sites (tertiary alicyclic amines) is 1. The van der Waals surface area contributed by atoms with E-state index in [4.69, 9.17) is 0 Å². The topological polar surface area (TPSA) is 33.1 Å². The summed E-state index contributed by atoms with van der Waals surface area (Å²) in [5, 5.41) is 3.51. The van der Waals surface area contributed by atoms with E-state index in [0.29, 0.717) is 0 Å². The molecular weight excluding hydrogens is 212 g/mol. The van der Waals surface area contributed by atoms with Crippen LogP contribution in [-0.4, -0.2) is 40.6 Å². The third kappa shape index (κ3) is 3.82. The highest BCUT2D eigenvalue weighted by Crippen LogP contribution is 2.09. The third-order valence-corrected chi connectivity index (χ3v) is 3.48. The second kappa shape index (κ2) is 6.17. The number of aryl methyl sites for hydroxylation is 1. The molecule has 2 rings (SSSR count). The fraction of sp³-hybridized carbons (Fsp3) is 0.769. The standard InChI is InChI=1S/C13H24N4/c1-12(10-17-5-3-4-6-17)7-14-8-13-9-15-11-16(13)2/h9,11-12,14H,3-8,10H2,1-2H3. The number of nitrogens with zero attached hydrogens (tertiary/aromatic N) is 3. The van der Waals surface area contributed by atoms with E-state index in [1.54, 1.807) is 0 Å². The SMILES string of the molecule is CC(CNCc1cncn1C)CN1CCCC1. The monoisotopic (exact) mass is 236 g/mol. The van der Waals surface area contributed by atoms with E-state index in [2.05, 4.69) is 26.7 Å². The summed E-state index contributed by atoms with van der Waals surface area (Å²) in [6.07, 6.45) is 6.55. The molecule has 2 heterocycles. The Kier molecular flexibility index (Phi) is 4.57. The first kappa shape index (κ1) is 12.6. The van der Waals surface area contributed by atoms with Gasteiger partial charge in [-0.2, -0.15) is 0 Å². The van der Waals surface area contributed by atoms with Crippen LogP contribution in [-0.2, 0) is 13.6 Å². The first-order chi connectivity index (χ1) is 8.25. The number of hydrogen-bond acceptors (Lipinski definition) is 3. The molecular formula is C13H24N4. The zero-order chi connectivity index (χ0) is 12.1. The average molecular weight is 236 g/mol. The summed E-state index contributed by atoms with van der Waals surface area (Å²) < 4.78 is 2.07. The Hall–Kier alpha value is -0.870. The quantitative estimate of drug-likeness (QED) is 0.807. The largest absolute Gasteiger partial charge is 0.337 e. The van der Waals surface area contributed by atoms with Gasteiger partial charge in [-0.25, -0.2) is 4.98 Å². The minimum absolute atomic E-state index is 0.723. The van der Waals surface area contributed by atoms with Crippen molar-refractivity contribution < 1.29 is 0 Å². The van der Waals surface area contributed by atoms with Gasteiger partial charge in [0.2, 0.25) is 0 Å². The molecule has 4 heteroatoms. The van der Waals surface area contributed by atoms with E-state index in [9.17, 15) is 0 Å². The van der Waals surface area contributed by atoms with E-state index in [1.165, 1.54) is 38.2 Å². The van der Waals surface area contributed by atoms with Crippen molar-refractivity contribution in [3.63, 3.8) is 0 Å². The second-order valence-electron chi connectivity index (χ2n) is 5.24. The molecule has 0 saturated carbocycles. The molecule has 0 spiro atoms. The normalized spacial score (nSPS) is 18.7. The summed E-state index contributed by atoms with van der Waals surface area (Å²) in [5.74, 6) is 0.723. The second-order valence-corrected chi connectivity index (χ2v) is 5.24. The summed E-state index contributed by atoms with van der Waals surface area (Å²) in [6.45, 7) is 8.16. The Labute approximate surface area is 104 Å². The predicted molar refractivity (Wildman–Crippen MR) is 69.8 cm³/mol. The maximum atomic E-state index is 4.12. The Morgan fingerprint density at radius 3 is 2.82 bits per heavy atom. The lowest BCUT2D eigenvalue weighted by atomic mass is 10.1. The lowest BCUT2D eigenvalue weighted by molar-refractivity contribution is 0.282. The van der Waals surface area contributed by atoms with Crippen LogP contribution in [0.4, 0.5) is 0 Å². The molecule has 0 bridgehead atoms. The van der Waals surface area contributed by atoms with Crippen molar-refractivity contribution in [2.75, 3.05) is 26.2 Å². The first-order valence-electron chi connectivity index (χ1n) is 6.64. The van der Waals surface area contributed by atoms with Gasteiger partial charge in [-0.05, 0) is 38.4 Å². The van der Waals surface area contributed by atoms with Gasteiger partial charge in [-0.1, -0.05) is 6.92 Å². The molecule has 0 amide bonds. The molecule has 1 saturated heterocycles. The number of imidazole rings is 1. The van der Waals surface area contributed by atoms with Crippen LogP contribution >= 0.6 is 0 Å². The molecule has 1 atom stereocenters. The zero-order valence-electron chi connectivity index (χ0n) is 11.0. The van der Waals surface area contributed by atoms with Gasteiger partial charge in [0.25, 0.3) is 0 Å². The van der Waals surface area contributed by atoms with Gasteiger partial charge >= 0.3 is 0 Å². The lowest BCUT2D eigenvalue weighted by Crippen LogP contribution is -2.31. The van der Waals surface area contributed by atoms with Crippen molar-refractivity contribution in [3.05, 3.63) is 18.2 Å². The molecule has 0 aliphatic carbocycles. The van der Waals surface area contributed by atoms with Crippen LogP contribution < -0.4 is 5.32 Å². The number of aromatic nitrogens is 2. The lowest BCUT2D eigenvalue weighted by Gasteiger charge is -2.20. The van der Waals surface area contributed by atoms with Crippen molar-refractivity contribution in [2.45, 2.75) is 26.3 Å². The van der Waals surface area contributed by atoms with Crippen LogP contribution in [0.3, 0.4) is 0 Å². The Morgan fingerprint density at radius 2 is 2.18 bits per heavy atom. The molecule has 17 heavy (non-hydrogen) atoms. The molecule has 1 aromatic rings. The molecule has 0 aromatic carbocycles. The predicted octanol–water partition coefficient (Wildman–Crippen LogP) is 1.24. The summed E-state index contributed by atoms with van der Waals surface area (Å²) in [4.78, 5) is 6.70. The van der Waals surface area contributed by atoms with Crippen molar-refractivity contribution in [2.24, 2.45) is 13.0 Å². The van der Waals surface area contributed by atoms with Crippen molar-refractivity contribution in [1.82, 2.24) is 19.8 Å². The molecule has 1 aliphatic heterocycles. The van der Waals surface area contributed by atoms with Gasteiger partial charge in [-0.15, -0.1) is 0 Å². The van der Waals surface area contributed by atoms with Gasteiger partial charge in [0.15, 0.2) is 0 Å². The summed E-state index contributed by atoms with van der Waals surface area (Å²) in [7, 11) is 2.04. The van der Waals surface area contributed by atoms with E-state index in [-0.39, 0.29) is 0 Å². The average Bonchev–Trinajstić information content (AvgIpc) is 2.91. The minimum atomic E-state index is 0.723. The van der Waals surface area contributed by atoms with Crippen LogP contribution in [0, 0.1) is 5.92 Å². The maximum Gasteiger partial charge on any atom is 0.0945 e. The van der Waals surface area contributed by atoms with Crippen LogP contribution in [0.25, 0.3) is 0 Å². The van der Waals surface area contributed by atoms with Gasteiger partial charge in [0, 0.05) is 26.3 Å². The van der Waals surface area contributed by atoms with Gasteiger partial charge < -0.3 is 14.8 Å². The highest BCUT2D eigenvalue weighted by atomic mass is 15.1. The van der Waals surface area contributed by atoms with Gasteiger partial charge in [0.1, 0.15) is 0 Å². The fourth-order valence-electron chi connectivity index (χ4n) is 2.47. The number of hydrogen-bond donors (Lipinski definition) is 1. The molecule has 1 aliphatic rings. The number of rotatable bonds is 6. The Morgan fingerprint density at radius 1 is 1.41 bits per heavy atom. The van der Waals surface area contributed by atoms with E-state index >= 15 is 0 Å². The van der Waals surface area contributed by atoms with Crippen LogP contribution in [0.15, 0.2) is 12.5 Å². The van der Waals surface area contributed by atoms with Crippen molar-refractivity contribution in [3.8, 4) is 0 Å². The molecule has 1 fully saturated rings. The fourth-order valence-corrected chi connectivity index (χ4v) is 2.47. The molecule has 96 valence electrons. The summed E-state index contributed by atoms with van der Waals surface area (Å²) in [5.41, 5.74) is 1.25. The highest BCUT2D eigenvalue weighted by molar-refractivity contribution is 4.96. The molecule has 4 nitrogen and oxygen atoms in total. The van der Waals surface area contributed by atoms with E-state index < -0.39 is 0 Å². The van der Waals surface area contributed by atoms with Gasteiger partial charge in [0.05, 0.1) is 12.0 Å². The molecule has 0 radical (unpaired) electrons. The Bertz CT molecular complexity index is 328. The number of nitrogens with one attached hydrogen (secondary N) is 1.